The highest BCUT2D eigenvalue weighted by Gasteiger charge is 2.08. The van der Waals surface area contributed by atoms with Crippen molar-refractivity contribution in [3.8, 4) is 5.75 Å². The molecule has 102 valence electrons. The maximum Gasteiger partial charge on any atom is 0.128 e. The molecule has 0 aliphatic rings. The monoisotopic (exact) mass is 285 g/mol. The lowest BCUT2D eigenvalue weighted by Gasteiger charge is -2.09. The van der Waals surface area contributed by atoms with Crippen LogP contribution in [-0.2, 0) is 13.2 Å². The minimum atomic E-state index is 0.560. The fourth-order valence-electron chi connectivity index (χ4n) is 2.45. The highest BCUT2D eigenvalue weighted by Crippen LogP contribution is 2.24. The fraction of sp³-hybridized carbons (Fsp3) is 0.176. The first-order valence-corrected chi connectivity index (χ1v) is 7.11. The molecule has 0 aliphatic carbocycles. The van der Waals surface area contributed by atoms with Gasteiger partial charge in [-0.1, -0.05) is 35.9 Å². The van der Waals surface area contributed by atoms with Crippen molar-refractivity contribution in [3.63, 3.8) is 0 Å². The van der Waals surface area contributed by atoms with Gasteiger partial charge in [0.1, 0.15) is 12.4 Å². The fourth-order valence-corrected chi connectivity index (χ4v) is 2.62. The van der Waals surface area contributed by atoms with E-state index in [1.807, 2.05) is 42.5 Å². The third kappa shape index (κ3) is 2.52. The van der Waals surface area contributed by atoms with Crippen LogP contribution in [0.1, 0.15) is 12.6 Å². The van der Waals surface area contributed by atoms with Crippen molar-refractivity contribution >= 4 is 22.5 Å². The molecule has 0 bridgehead atoms. The van der Waals surface area contributed by atoms with Crippen molar-refractivity contribution in [2.45, 2.75) is 20.1 Å². The molecule has 0 atom stereocenters. The van der Waals surface area contributed by atoms with E-state index in [1.54, 1.807) is 0 Å². The van der Waals surface area contributed by atoms with Crippen molar-refractivity contribution in [2.24, 2.45) is 0 Å². The Kier molecular flexibility index (Phi) is 3.66. The summed E-state index contributed by atoms with van der Waals surface area (Å²) in [5.74, 6) is 0.887. The molecule has 0 amide bonds. The summed E-state index contributed by atoms with van der Waals surface area (Å²) < 4.78 is 8.08. The van der Waals surface area contributed by atoms with E-state index in [-0.39, 0.29) is 0 Å². The topological polar surface area (TPSA) is 14.2 Å². The van der Waals surface area contributed by atoms with E-state index in [0.29, 0.717) is 6.61 Å². The van der Waals surface area contributed by atoms with Gasteiger partial charge in [-0.05, 0) is 37.3 Å². The van der Waals surface area contributed by atoms with Crippen molar-refractivity contribution in [2.75, 3.05) is 0 Å². The molecule has 2 nitrogen and oxygen atoms in total. The van der Waals surface area contributed by atoms with Crippen LogP contribution in [0, 0.1) is 0 Å². The van der Waals surface area contributed by atoms with Crippen molar-refractivity contribution < 1.29 is 4.74 Å². The van der Waals surface area contributed by atoms with Crippen LogP contribution in [-0.4, -0.2) is 4.57 Å². The number of halogens is 1. The average molecular weight is 286 g/mol. The Morgan fingerprint density at radius 1 is 1.05 bits per heavy atom. The summed E-state index contributed by atoms with van der Waals surface area (Å²) in [5, 5.41) is 1.96. The van der Waals surface area contributed by atoms with Gasteiger partial charge >= 0.3 is 0 Å². The molecule has 20 heavy (non-hydrogen) atoms. The SMILES string of the molecule is CCn1c(COc2ccccc2)cc2ccc(Cl)cc21. The van der Waals surface area contributed by atoms with Crippen LogP contribution in [0.4, 0.5) is 0 Å². The lowest BCUT2D eigenvalue weighted by molar-refractivity contribution is 0.296. The first-order chi connectivity index (χ1) is 9.78. The third-order valence-electron chi connectivity index (χ3n) is 3.40. The van der Waals surface area contributed by atoms with Crippen LogP contribution in [0.15, 0.2) is 54.6 Å². The number of hydrogen-bond donors (Lipinski definition) is 0. The lowest BCUT2D eigenvalue weighted by atomic mass is 10.2. The summed E-state index contributed by atoms with van der Waals surface area (Å²) >= 11 is 6.09. The zero-order valence-electron chi connectivity index (χ0n) is 11.3. The number of ether oxygens (including phenoxy) is 1. The molecule has 0 aliphatic heterocycles. The number of nitrogens with zero attached hydrogens (tertiary/aromatic N) is 1. The predicted octanol–water partition coefficient (Wildman–Crippen LogP) is 4.89. The van der Waals surface area contributed by atoms with Crippen molar-refractivity contribution in [3.05, 3.63) is 65.3 Å². The molecule has 1 heterocycles. The number of benzene rings is 2. The van der Waals surface area contributed by atoms with Gasteiger partial charge in [-0.2, -0.15) is 0 Å². The van der Waals surface area contributed by atoms with Crippen LogP contribution in [0.25, 0.3) is 10.9 Å². The Hall–Kier alpha value is -1.93. The molecular weight excluding hydrogens is 270 g/mol. The van der Waals surface area contributed by atoms with Gasteiger partial charge in [0.2, 0.25) is 0 Å². The lowest BCUT2D eigenvalue weighted by Crippen LogP contribution is -2.04. The van der Waals surface area contributed by atoms with Crippen molar-refractivity contribution in [1.29, 1.82) is 0 Å². The molecular formula is C17H16ClNO. The number of para-hydroxylation sites is 1. The summed E-state index contributed by atoms with van der Waals surface area (Å²) in [6.45, 7) is 3.59. The van der Waals surface area contributed by atoms with Crippen LogP contribution in [0.5, 0.6) is 5.75 Å². The number of aryl methyl sites for hydroxylation is 1. The zero-order valence-corrected chi connectivity index (χ0v) is 12.1. The molecule has 0 N–H and O–H groups in total. The van der Waals surface area contributed by atoms with Gasteiger partial charge in [0.15, 0.2) is 0 Å². The number of hydrogen-bond acceptors (Lipinski definition) is 1. The maximum absolute atomic E-state index is 6.09. The second kappa shape index (κ2) is 5.59. The molecule has 0 radical (unpaired) electrons. The van der Waals surface area contributed by atoms with E-state index in [1.165, 1.54) is 5.39 Å². The van der Waals surface area contributed by atoms with Gasteiger partial charge in [-0.15, -0.1) is 0 Å². The Morgan fingerprint density at radius 2 is 1.85 bits per heavy atom. The normalized spacial score (nSPS) is 10.9. The second-order valence-electron chi connectivity index (χ2n) is 4.68. The molecule has 0 fully saturated rings. The molecule has 0 saturated carbocycles. The van der Waals surface area contributed by atoms with Crippen LogP contribution >= 0.6 is 11.6 Å². The number of rotatable bonds is 4. The van der Waals surface area contributed by atoms with Gasteiger partial charge in [0, 0.05) is 22.5 Å². The molecule has 2 aromatic carbocycles. The van der Waals surface area contributed by atoms with Gasteiger partial charge in [0.25, 0.3) is 0 Å². The molecule has 1 aromatic heterocycles. The summed E-state index contributed by atoms with van der Waals surface area (Å²) in [4.78, 5) is 0. The van der Waals surface area contributed by atoms with E-state index in [2.05, 4.69) is 23.6 Å². The summed E-state index contributed by atoms with van der Waals surface area (Å²) in [6.07, 6.45) is 0. The minimum absolute atomic E-state index is 0.560. The summed E-state index contributed by atoms with van der Waals surface area (Å²) in [7, 11) is 0. The Labute approximate surface area is 123 Å². The van der Waals surface area contributed by atoms with Crippen LogP contribution in [0.3, 0.4) is 0 Å². The van der Waals surface area contributed by atoms with Gasteiger partial charge < -0.3 is 9.30 Å². The van der Waals surface area contributed by atoms with Gasteiger partial charge in [-0.3, -0.25) is 0 Å². The Morgan fingerprint density at radius 3 is 2.60 bits per heavy atom. The van der Waals surface area contributed by atoms with Gasteiger partial charge in [0.05, 0.1) is 5.69 Å². The molecule has 0 unspecified atom stereocenters. The van der Waals surface area contributed by atoms with E-state index >= 15 is 0 Å². The molecule has 0 saturated heterocycles. The van der Waals surface area contributed by atoms with E-state index in [4.69, 9.17) is 16.3 Å². The molecule has 0 spiro atoms. The predicted molar refractivity (Wildman–Crippen MR) is 83.4 cm³/mol. The number of fused-ring (bicyclic) bond motifs is 1. The average Bonchev–Trinajstić information content (AvgIpc) is 2.83. The highest BCUT2D eigenvalue weighted by atomic mass is 35.5. The van der Waals surface area contributed by atoms with Crippen LogP contribution < -0.4 is 4.74 Å². The van der Waals surface area contributed by atoms with Gasteiger partial charge in [-0.25, -0.2) is 0 Å². The minimum Gasteiger partial charge on any atom is -0.487 e. The standard InChI is InChI=1S/C17H16ClNO/c1-2-19-15(12-20-16-6-4-3-5-7-16)10-13-8-9-14(18)11-17(13)19/h3-11H,2,12H2,1H3. The number of aromatic nitrogens is 1. The Bertz CT molecular complexity index is 718. The quantitative estimate of drug-likeness (QED) is 0.665. The zero-order chi connectivity index (χ0) is 13.9. The molecule has 3 heteroatoms. The van der Waals surface area contributed by atoms with E-state index < -0.39 is 0 Å². The van der Waals surface area contributed by atoms with Crippen LogP contribution in [0.2, 0.25) is 5.02 Å². The summed E-state index contributed by atoms with van der Waals surface area (Å²) in [5.41, 5.74) is 2.32. The summed E-state index contributed by atoms with van der Waals surface area (Å²) in [6, 6.07) is 18.0. The first-order valence-electron chi connectivity index (χ1n) is 6.73. The second-order valence-corrected chi connectivity index (χ2v) is 5.12. The van der Waals surface area contributed by atoms with Crippen molar-refractivity contribution in [1.82, 2.24) is 4.57 Å². The maximum atomic E-state index is 6.09. The van der Waals surface area contributed by atoms with E-state index in [0.717, 1.165) is 28.5 Å². The molecule has 3 rings (SSSR count). The highest BCUT2D eigenvalue weighted by molar-refractivity contribution is 6.31. The smallest absolute Gasteiger partial charge is 0.128 e. The molecule has 3 aromatic rings. The third-order valence-corrected chi connectivity index (χ3v) is 3.63. The van der Waals surface area contributed by atoms with E-state index in [9.17, 15) is 0 Å². The Balaban J connectivity index is 1.91. The largest absolute Gasteiger partial charge is 0.487 e. The first kappa shape index (κ1) is 13.1.